The van der Waals surface area contributed by atoms with Crippen molar-refractivity contribution >= 4 is 34.4 Å². The summed E-state index contributed by atoms with van der Waals surface area (Å²) in [6.45, 7) is 0. The highest BCUT2D eigenvalue weighted by molar-refractivity contribution is 7.80. The molecule has 0 bridgehead atoms. The van der Waals surface area contributed by atoms with E-state index in [0.717, 1.165) is 16.5 Å². The summed E-state index contributed by atoms with van der Waals surface area (Å²) in [6.07, 6.45) is 1.83. The summed E-state index contributed by atoms with van der Waals surface area (Å²) in [5.41, 5.74) is 2.11. The van der Waals surface area contributed by atoms with Crippen molar-refractivity contribution in [3.05, 3.63) is 82.8 Å². The SMILES string of the molecule is S=C1N[C@H](c2ccccn2)[C@@H](c2cccs2)N1c1ccccc1. The predicted molar refractivity (Wildman–Crippen MR) is 98.7 cm³/mol. The monoisotopic (exact) mass is 337 g/mol. The van der Waals surface area contributed by atoms with Crippen LogP contribution < -0.4 is 10.2 Å². The number of benzene rings is 1. The minimum Gasteiger partial charge on any atom is -0.351 e. The van der Waals surface area contributed by atoms with Crippen LogP contribution in [-0.2, 0) is 0 Å². The molecule has 3 nitrogen and oxygen atoms in total. The van der Waals surface area contributed by atoms with Crippen LogP contribution in [0.15, 0.2) is 72.2 Å². The Morgan fingerprint density at radius 3 is 2.52 bits per heavy atom. The minimum absolute atomic E-state index is 0.0440. The normalized spacial score (nSPS) is 20.5. The maximum Gasteiger partial charge on any atom is 0.174 e. The van der Waals surface area contributed by atoms with Gasteiger partial charge in [-0.1, -0.05) is 30.3 Å². The number of rotatable bonds is 3. The molecule has 0 aliphatic carbocycles. The van der Waals surface area contributed by atoms with E-state index >= 15 is 0 Å². The number of nitrogens with zero attached hydrogens (tertiary/aromatic N) is 2. The van der Waals surface area contributed by atoms with Crippen LogP contribution in [0, 0.1) is 0 Å². The molecule has 3 heterocycles. The van der Waals surface area contributed by atoms with Gasteiger partial charge < -0.3 is 10.2 Å². The van der Waals surface area contributed by atoms with Gasteiger partial charge in [0.15, 0.2) is 5.11 Å². The second kappa shape index (κ2) is 6.10. The average molecular weight is 337 g/mol. The molecule has 2 aromatic heterocycles. The lowest BCUT2D eigenvalue weighted by Gasteiger charge is -2.26. The Labute approximate surface area is 144 Å². The molecule has 1 fully saturated rings. The summed E-state index contributed by atoms with van der Waals surface area (Å²) in [4.78, 5) is 8.01. The zero-order valence-electron chi connectivity index (χ0n) is 12.3. The Hall–Kier alpha value is -2.24. The van der Waals surface area contributed by atoms with Crippen LogP contribution in [0.3, 0.4) is 0 Å². The summed E-state index contributed by atoms with van der Waals surface area (Å²) < 4.78 is 0. The predicted octanol–water partition coefficient (Wildman–Crippen LogP) is 4.32. The highest BCUT2D eigenvalue weighted by Gasteiger charge is 2.40. The second-order valence-electron chi connectivity index (χ2n) is 5.35. The number of thiophene rings is 1. The Kier molecular flexibility index (Phi) is 3.81. The number of pyridine rings is 1. The number of hydrogen-bond acceptors (Lipinski definition) is 3. The lowest BCUT2D eigenvalue weighted by Crippen LogP contribution is -2.28. The first-order valence-electron chi connectivity index (χ1n) is 7.44. The molecule has 0 saturated carbocycles. The largest absolute Gasteiger partial charge is 0.351 e. The Morgan fingerprint density at radius 1 is 1.00 bits per heavy atom. The lowest BCUT2D eigenvalue weighted by atomic mass is 10.0. The Bertz CT molecular complexity index is 788. The molecule has 0 unspecified atom stereocenters. The maximum absolute atomic E-state index is 5.64. The van der Waals surface area contributed by atoms with Crippen molar-refractivity contribution in [3.63, 3.8) is 0 Å². The van der Waals surface area contributed by atoms with Gasteiger partial charge in [-0.25, -0.2) is 0 Å². The standard InChI is InChI=1S/C18H15N3S2/c22-18-20-16(14-9-4-5-11-19-14)17(15-10-6-12-23-15)21(18)13-7-2-1-3-8-13/h1-12,16-17H,(H,20,22)/t16-,17-/m1/s1. The van der Waals surface area contributed by atoms with Gasteiger partial charge in [0.05, 0.1) is 17.8 Å². The van der Waals surface area contributed by atoms with E-state index in [0.29, 0.717) is 0 Å². The molecule has 1 aliphatic rings. The topological polar surface area (TPSA) is 28.2 Å². The van der Waals surface area contributed by atoms with Gasteiger partial charge in [-0.15, -0.1) is 11.3 Å². The average Bonchev–Trinajstić information content (AvgIpc) is 3.24. The molecule has 0 amide bonds. The third-order valence-electron chi connectivity index (χ3n) is 3.97. The molecular formula is C18H15N3S2. The van der Waals surface area contributed by atoms with Crippen molar-refractivity contribution in [2.24, 2.45) is 0 Å². The van der Waals surface area contributed by atoms with Crippen molar-refractivity contribution < 1.29 is 0 Å². The first-order chi connectivity index (χ1) is 11.3. The summed E-state index contributed by atoms with van der Waals surface area (Å²) in [7, 11) is 0. The van der Waals surface area contributed by atoms with Crippen molar-refractivity contribution in [2.45, 2.75) is 12.1 Å². The van der Waals surface area contributed by atoms with E-state index in [1.807, 2.05) is 36.5 Å². The van der Waals surface area contributed by atoms with Gasteiger partial charge in [-0.05, 0) is 47.9 Å². The minimum atomic E-state index is 0.0440. The molecule has 1 aromatic carbocycles. The van der Waals surface area contributed by atoms with Crippen molar-refractivity contribution in [3.8, 4) is 0 Å². The van der Waals surface area contributed by atoms with Crippen molar-refractivity contribution in [1.29, 1.82) is 0 Å². The van der Waals surface area contributed by atoms with Crippen LogP contribution in [-0.4, -0.2) is 10.1 Å². The summed E-state index contributed by atoms with van der Waals surface area (Å²) in [5, 5.41) is 6.31. The molecular weight excluding hydrogens is 322 g/mol. The van der Waals surface area contributed by atoms with E-state index in [2.05, 4.69) is 50.9 Å². The summed E-state index contributed by atoms with van der Waals surface area (Å²) >= 11 is 7.39. The number of thiocarbonyl (C=S) groups is 1. The van der Waals surface area contributed by atoms with Crippen molar-refractivity contribution in [1.82, 2.24) is 10.3 Å². The van der Waals surface area contributed by atoms with E-state index in [4.69, 9.17) is 12.2 Å². The van der Waals surface area contributed by atoms with E-state index in [1.54, 1.807) is 11.3 Å². The van der Waals surface area contributed by atoms with Crippen LogP contribution in [0.5, 0.6) is 0 Å². The Morgan fingerprint density at radius 2 is 1.83 bits per heavy atom. The van der Waals surface area contributed by atoms with Crippen molar-refractivity contribution in [2.75, 3.05) is 4.90 Å². The quantitative estimate of drug-likeness (QED) is 0.721. The fourth-order valence-corrected chi connectivity index (χ4v) is 4.17. The van der Waals surface area contributed by atoms with Crippen LogP contribution in [0.25, 0.3) is 0 Å². The fourth-order valence-electron chi connectivity index (χ4n) is 2.97. The van der Waals surface area contributed by atoms with Gasteiger partial charge in [0.2, 0.25) is 0 Å². The molecule has 23 heavy (non-hydrogen) atoms. The molecule has 1 aliphatic heterocycles. The van der Waals surface area contributed by atoms with Crippen LogP contribution in [0.4, 0.5) is 5.69 Å². The van der Waals surface area contributed by atoms with Gasteiger partial charge in [0.25, 0.3) is 0 Å². The van der Waals surface area contributed by atoms with E-state index in [-0.39, 0.29) is 12.1 Å². The molecule has 2 atom stereocenters. The van der Waals surface area contributed by atoms with Gasteiger partial charge in [-0.3, -0.25) is 4.98 Å². The highest BCUT2D eigenvalue weighted by atomic mass is 32.1. The van der Waals surface area contributed by atoms with E-state index < -0.39 is 0 Å². The molecule has 1 saturated heterocycles. The van der Waals surface area contributed by atoms with Crippen LogP contribution in [0.2, 0.25) is 0 Å². The van der Waals surface area contributed by atoms with Gasteiger partial charge >= 0.3 is 0 Å². The zero-order chi connectivity index (χ0) is 15.6. The third kappa shape index (κ3) is 2.62. The molecule has 1 N–H and O–H groups in total. The second-order valence-corrected chi connectivity index (χ2v) is 6.71. The smallest absolute Gasteiger partial charge is 0.174 e. The molecule has 5 heteroatoms. The third-order valence-corrected chi connectivity index (χ3v) is 5.22. The number of para-hydroxylation sites is 1. The van der Waals surface area contributed by atoms with Crippen LogP contribution >= 0.6 is 23.6 Å². The molecule has 114 valence electrons. The molecule has 0 radical (unpaired) electrons. The number of nitrogens with one attached hydrogen (secondary N) is 1. The molecule has 3 aromatic rings. The number of hydrogen-bond donors (Lipinski definition) is 1. The first kappa shape index (κ1) is 14.4. The molecule has 0 spiro atoms. The first-order valence-corrected chi connectivity index (χ1v) is 8.72. The van der Waals surface area contributed by atoms with Crippen LogP contribution in [0.1, 0.15) is 22.7 Å². The fraction of sp³-hybridized carbons (Fsp3) is 0.111. The number of anilines is 1. The van der Waals surface area contributed by atoms with Gasteiger partial charge in [0.1, 0.15) is 0 Å². The van der Waals surface area contributed by atoms with Gasteiger partial charge in [-0.2, -0.15) is 0 Å². The highest BCUT2D eigenvalue weighted by Crippen LogP contribution is 2.42. The summed E-state index contributed by atoms with van der Waals surface area (Å²) in [5.74, 6) is 0. The zero-order valence-corrected chi connectivity index (χ0v) is 13.9. The maximum atomic E-state index is 5.64. The Balaban J connectivity index is 1.81. The van der Waals surface area contributed by atoms with E-state index in [9.17, 15) is 0 Å². The summed E-state index contributed by atoms with van der Waals surface area (Å²) in [6, 6.07) is 20.7. The number of aromatic nitrogens is 1. The van der Waals surface area contributed by atoms with Gasteiger partial charge in [0, 0.05) is 16.8 Å². The lowest BCUT2D eigenvalue weighted by molar-refractivity contribution is 0.575. The molecule has 4 rings (SSSR count). The van der Waals surface area contributed by atoms with E-state index in [1.165, 1.54) is 4.88 Å².